The molecule has 4 rings (SSSR count). The lowest BCUT2D eigenvalue weighted by molar-refractivity contribution is -0.117. The number of rotatable bonds is 5. The lowest BCUT2D eigenvalue weighted by Gasteiger charge is -2.36. The number of amides is 1. The van der Waals surface area contributed by atoms with Crippen LogP contribution in [0, 0.1) is 5.92 Å². The average molecular weight is 335 g/mol. The molecule has 1 saturated carbocycles. The highest BCUT2D eigenvalue weighted by atomic mass is 16.2. The van der Waals surface area contributed by atoms with Crippen molar-refractivity contribution in [1.29, 1.82) is 0 Å². The summed E-state index contributed by atoms with van der Waals surface area (Å²) in [6.45, 7) is 5.27. The average Bonchev–Trinajstić information content (AvgIpc) is 3.50. The van der Waals surface area contributed by atoms with Gasteiger partial charge in [0.05, 0.1) is 0 Å². The van der Waals surface area contributed by atoms with Crippen molar-refractivity contribution in [3.05, 3.63) is 60.2 Å². The largest absolute Gasteiger partial charge is 0.369 e. The summed E-state index contributed by atoms with van der Waals surface area (Å²) in [6, 6.07) is 18.9. The summed E-state index contributed by atoms with van der Waals surface area (Å²) in [7, 11) is 0. The van der Waals surface area contributed by atoms with Crippen LogP contribution in [0.3, 0.4) is 0 Å². The lowest BCUT2D eigenvalue weighted by Crippen LogP contribution is -2.45. The second-order valence-corrected chi connectivity index (χ2v) is 7.06. The van der Waals surface area contributed by atoms with Gasteiger partial charge >= 0.3 is 0 Å². The zero-order valence-corrected chi connectivity index (χ0v) is 14.5. The molecule has 1 saturated heterocycles. The standard InChI is InChI=1S/C21H25N3O/c25-21(18-8-9-18)22-19-10-6-17(7-11-19)16-23-12-14-24(15-13-23)20-4-2-1-3-5-20/h1-7,10-11,18H,8-9,12-16H2,(H,22,25). The van der Waals surface area contributed by atoms with Crippen LogP contribution in [0.15, 0.2) is 54.6 Å². The third-order valence-electron chi connectivity index (χ3n) is 5.07. The summed E-state index contributed by atoms with van der Waals surface area (Å²) in [5.74, 6) is 0.422. The van der Waals surface area contributed by atoms with Crippen LogP contribution in [-0.4, -0.2) is 37.0 Å². The summed E-state index contributed by atoms with van der Waals surface area (Å²) < 4.78 is 0. The van der Waals surface area contributed by atoms with E-state index in [1.165, 1.54) is 11.3 Å². The zero-order chi connectivity index (χ0) is 17.1. The molecule has 0 unspecified atom stereocenters. The van der Waals surface area contributed by atoms with Gasteiger partial charge in [-0.15, -0.1) is 0 Å². The number of nitrogens with zero attached hydrogens (tertiary/aromatic N) is 2. The van der Waals surface area contributed by atoms with Crippen molar-refractivity contribution in [3.63, 3.8) is 0 Å². The molecule has 2 fully saturated rings. The van der Waals surface area contributed by atoms with E-state index in [9.17, 15) is 4.79 Å². The maximum Gasteiger partial charge on any atom is 0.227 e. The van der Waals surface area contributed by atoms with Crippen molar-refractivity contribution in [2.45, 2.75) is 19.4 Å². The van der Waals surface area contributed by atoms with E-state index >= 15 is 0 Å². The topological polar surface area (TPSA) is 35.6 Å². The van der Waals surface area contributed by atoms with E-state index in [1.807, 2.05) is 12.1 Å². The highest BCUT2D eigenvalue weighted by Crippen LogP contribution is 2.30. The zero-order valence-electron chi connectivity index (χ0n) is 14.5. The Bertz CT molecular complexity index is 702. The van der Waals surface area contributed by atoms with E-state index in [2.05, 4.69) is 57.6 Å². The fourth-order valence-corrected chi connectivity index (χ4v) is 3.34. The van der Waals surface area contributed by atoms with E-state index in [4.69, 9.17) is 0 Å². The van der Waals surface area contributed by atoms with Gasteiger partial charge in [-0.25, -0.2) is 0 Å². The molecule has 0 atom stereocenters. The minimum absolute atomic E-state index is 0.171. The van der Waals surface area contributed by atoms with Crippen molar-refractivity contribution in [2.24, 2.45) is 5.92 Å². The van der Waals surface area contributed by atoms with E-state index < -0.39 is 0 Å². The molecule has 2 aromatic carbocycles. The van der Waals surface area contributed by atoms with Gasteiger partial charge in [-0.3, -0.25) is 9.69 Å². The van der Waals surface area contributed by atoms with Crippen molar-refractivity contribution in [2.75, 3.05) is 36.4 Å². The van der Waals surface area contributed by atoms with Crippen LogP contribution in [0.5, 0.6) is 0 Å². The highest BCUT2D eigenvalue weighted by Gasteiger charge is 2.29. The molecule has 4 heteroatoms. The predicted molar refractivity (Wildman–Crippen MR) is 102 cm³/mol. The van der Waals surface area contributed by atoms with Crippen LogP contribution in [0.25, 0.3) is 0 Å². The van der Waals surface area contributed by atoms with Crippen LogP contribution in [0.2, 0.25) is 0 Å². The van der Waals surface area contributed by atoms with E-state index in [-0.39, 0.29) is 11.8 Å². The summed E-state index contributed by atoms with van der Waals surface area (Å²) in [6.07, 6.45) is 2.08. The maximum atomic E-state index is 11.8. The molecule has 1 amide bonds. The molecule has 0 radical (unpaired) electrons. The van der Waals surface area contributed by atoms with E-state index in [0.29, 0.717) is 0 Å². The molecular formula is C21H25N3O. The Morgan fingerprint density at radius 2 is 1.60 bits per heavy atom. The molecular weight excluding hydrogens is 310 g/mol. The third-order valence-corrected chi connectivity index (χ3v) is 5.07. The molecule has 0 aromatic heterocycles. The lowest BCUT2D eigenvalue weighted by atomic mass is 10.1. The fraction of sp³-hybridized carbons (Fsp3) is 0.381. The van der Waals surface area contributed by atoms with Crippen LogP contribution in [-0.2, 0) is 11.3 Å². The number of anilines is 2. The molecule has 1 aliphatic heterocycles. The minimum Gasteiger partial charge on any atom is -0.369 e. The number of piperazine rings is 1. The Balaban J connectivity index is 1.27. The normalized spacial score (nSPS) is 18.2. The third kappa shape index (κ3) is 4.20. The first-order chi connectivity index (χ1) is 12.3. The Hall–Kier alpha value is -2.33. The summed E-state index contributed by atoms with van der Waals surface area (Å²) in [5, 5.41) is 3.00. The Morgan fingerprint density at radius 3 is 2.24 bits per heavy atom. The van der Waals surface area contributed by atoms with Gasteiger partial charge in [0.2, 0.25) is 5.91 Å². The molecule has 1 N–H and O–H groups in total. The van der Waals surface area contributed by atoms with Gasteiger partial charge in [0.1, 0.15) is 0 Å². The molecule has 1 aliphatic carbocycles. The molecule has 0 bridgehead atoms. The monoisotopic (exact) mass is 335 g/mol. The number of hydrogen-bond donors (Lipinski definition) is 1. The number of para-hydroxylation sites is 1. The van der Waals surface area contributed by atoms with Crippen molar-refractivity contribution in [3.8, 4) is 0 Å². The molecule has 2 aliphatic rings. The SMILES string of the molecule is O=C(Nc1ccc(CN2CCN(c3ccccc3)CC2)cc1)C1CC1. The van der Waals surface area contributed by atoms with Crippen LogP contribution in [0.4, 0.5) is 11.4 Å². The van der Waals surface area contributed by atoms with Crippen molar-refractivity contribution in [1.82, 2.24) is 4.90 Å². The maximum absolute atomic E-state index is 11.8. The molecule has 25 heavy (non-hydrogen) atoms. The Labute approximate surface area is 149 Å². The molecule has 2 aromatic rings. The summed E-state index contributed by atoms with van der Waals surface area (Å²) in [4.78, 5) is 16.7. The van der Waals surface area contributed by atoms with Crippen LogP contribution < -0.4 is 10.2 Å². The van der Waals surface area contributed by atoms with E-state index in [1.54, 1.807) is 0 Å². The predicted octanol–water partition coefficient (Wildman–Crippen LogP) is 3.36. The Morgan fingerprint density at radius 1 is 0.920 bits per heavy atom. The number of carbonyl (C=O) groups is 1. The van der Waals surface area contributed by atoms with Gasteiger partial charge in [-0.1, -0.05) is 30.3 Å². The summed E-state index contributed by atoms with van der Waals surface area (Å²) in [5.41, 5.74) is 3.53. The van der Waals surface area contributed by atoms with Crippen LogP contribution in [0.1, 0.15) is 18.4 Å². The van der Waals surface area contributed by atoms with Gasteiger partial charge in [0, 0.05) is 50.0 Å². The minimum atomic E-state index is 0.171. The second kappa shape index (κ2) is 7.28. The second-order valence-electron chi connectivity index (χ2n) is 7.06. The number of nitrogens with one attached hydrogen (secondary N) is 1. The van der Waals surface area contributed by atoms with Gasteiger partial charge in [0.25, 0.3) is 0 Å². The smallest absolute Gasteiger partial charge is 0.227 e. The molecule has 130 valence electrons. The molecule has 4 nitrogen and oxygen atoms in total. The van der Waals surface area contributed by atoms with Crippen molar-refractivity contribution < 1.29 is 4.79 Å². The van der Waals surface area contributed by atoms with Crippen molar-refractivity contribution >= 4 is 17.3 Å². The Kier molecular flexibility index (Phi) is 4.70. The van der Waals surface area contributed by atoms with Gasteiger partial charge < -0.3 is 10.2 Å². The first kappa shape index (κ1) is 16.2. The quantitative estimate of drug-likeness (QED) is 0.910. The first-order valence-electron chi connectivity index (χ1n) is 9.20. The fourth-order valence-electron chi connectivity index (χ4n) is 3.34. The number of benzene rings is 2. The first-order valence-corrected chi connectivity index (χ1v) is 9.20. The summed E-state index contributed by atoms with van der Waals surface area (Å²) >= 11 is 0. The van der Waals surface area contributed by atoms with Crippen LogP contribution >= 0.6 is 0 Å². The molecule has 0 spiro atoms. The number of hydrogen-bond acceptors (Lipinski definition) is 3. The number of carbonyl (C=O) groups excluding carboxylic acids is 1. The van der Waals surface area contributed by atoms with Gasteiger partial charge in [-0.05, 0) is 42.7 Å². The van der Waals surface area contributed by atoms with Gasteiger partial charge in [-0.2, -0.15) is 0 Å². The highest BCUT2D eigenvalue weighted by molar-refractivity contribution is 5.93. The molecule has 1 heterocycles. The van der Waals surface area contributed by atoms with E-state index in [0.717, 1.165) is 51.3 Å². The van der Waals surface area contributed by atoms with Gasteiger partial charge in [0.15, 0.2) is 0 Å².